The first kappa shape index (κ1) is 25.9. The summed E-state index contributed by atoms with van der Waals surface area (Å²) in [6, 6.07) is 1.83. The lowest BCUT2D eigenvalue weighted by molar-refractivity contribution is 0.145. The topological polar surface area (TPSA) is 119 Å². The third-order valence-corrected chi connectivity index (χ3v) is 6.82. The molecule has 1 aliphatic rings. The number of nitrogens with zero attached hydrogens (tertiary/aromatic N) is 7. The molecule has 2 bridgehead atoms. The van der Waals surface area contributed by atoms with Gasteiger partial charge >= 0.3 is 0 Å². The van der Waals surface area contributed by atoms with Crippen LogP contribution in [0.1, 0.15) is 56.4 Å². The van der Waals surface area contributed by atoms with E-state index in [-0.39, 0.29) is 18.8 Å². The van der Waals surface area contributed by atoms with Crippen molar-refractivity contribution < 1.29 is 14.6 Å². The zero-order chi connectivity index (χ0) is 27.0. The maximum atomic E-state index is 9.96. The molecule has 0 spiro atoms. The molecule has 0 aliphatic carbocycles. The van der Waals surface area contributed by atoms with Gasteiger partial charge in [0.2, 0.25) is 11.8 Å². The number of likely N-dealkylation sites (N-methyl/N-ethyl adjacent to an activating group) is 1. The van der Waals surface area contributed by atoms with Crippen LogP contribution in [-0.4, -0.2) is 77.7 Å². The van der Waals surface area contributed by atoms with E-state index in [1.165, 1.54) is 0 Å². The van der Waals surface area contributed by atoms with E-state index in [2.05, 4.69) is 36.0 Å². The molecular weight excluding hydrogens is 484 g/mol. The molecule has 0 radical (unpaired) electrons. The molecule has 5 heterocycles. The van der Waals surface area contributed by atoms with E-state index >= 15 is 0 Å². The van der Waals surface area contributed by atoms with E-state index in [1.807, 2.05) is 43.8 Å². The van der Waals surface area contributed by atoms with Crippen molar-refractivity contribution in [2.45, 2.75) is 52.8 Å². The Balaban J connectivity index is 1.72. The summed E-state index contributed by atoms with van der Waals surface area (Å²) < 4.78 is 16.1. The molecule has 2 N–H and O–H groups in total. The summed E-state index contributed by atoms with van der Waals surface area (Å²) in [6.45, 7) is 9.72. The molecule has 11 heteroatoms. The average Bonchev–Trinajstić information content (AvgIpc) is 3.55. The van der Waals surface area contributed by atoms with Crippen LogP contribution in [-0.2, 0) is 20.0 Å². The van der Waals surface area contributed by atoms with Crippen molar-refractivity contribution in [2.75, 3.05) is 26.8 Å². The highest BCUT2D eigenvalue weighted by Crippen LogP contribution is 2.36. The number of nitrogens with one attached hydrogen (secondary N) is 1. The fourth-order valence-corrected chi connectivity index (χ4v) is 5.02. The van der Waals surface area contributed by atoms with Crippen LogP contribution in [0, 0.1) is 0 Å². The molecule has 0 saturated heterocycles. The van der Waals surface area contributed by atoms with Crippen molar-refractivity contribution in [3.8, 4) is 23.0 Å². The highest BCUT2D eigenvalue weighted by molar-refractivity contribution is 5.92. The van der Waals surface area contributed by atoms with E-state index in [0.29, 0.717) is 31.5 Å². The van der Waals surface area contributed by atoms with Gasteiger partial charge < -0.3 is 14.6 Å². The Bertz CT molecular complexity index is 1470. The van der Waals surface area contributed by atoms with Gasteiger partial charge in [0.15, 0.2) is 0 Å². The maximum Gasteiger partial charge on any atom is 0.240 e. The van der Waals surface area contributed by atoms with Crippen molar-refractivity contribution in [1.82, 2.24) is 39.6 Å². The average molecular weight is 521 g/mol. The van der Waals surface area contributed by atoms with E-state index in [1.54, 1.807) is 10.9 Å². The largest absolute Gasteiger partial charge is 0.476 e. The Morgan fingerprint density at radius 3 is 2.79 bits per heavy atom. The molecular formula is C27H36N8O3. The first-order valence-corrected chi connectivity index (χ1v) is 13.1. The summed E-state index contributed by atoms with van der Waals surface area (Å²) in [7, 11) is 3.96. The zero-order valence-corrected chi connectivity index (χ0v) is 22.9. The molecule has 38 heavy (non-hydrogen) atoms. The summed E-state index contributed by atoms with van der Waals surface area (Å²) in [5.74, 6) is 1.23. The lowest BCUT2D eigenvalue weighted by atomic mass is 10.1. The third kappa shape index (κ3) is 4.67. The molecule has 2 atom stereocenters. The van der Waals surface area contributed by atoms with Gasteiger partial charge in [-0.05, 0) is 52.5 Å². The Hall–Kier alpha value is -3.70. The van der Waals surface area contributed by atoms with Crippen LogP contribution in [0.25, 0.3) is 34.3 Å². The molecule has 202 valence electrons. The third-order valence-electron chi connectivity index (χ3n) is 6.82. The fourth-order valence-electron chi connectivity index (χ4n) is 5.02. The monoisotopic (exact) mass is 520 g/mol. The molecule has 0 aromatic carbocycles. The molecule has 0 unspecified atom stereocenters. The molecule has 1 aliphatic heterocycles. The van der Waals surface area contributed by atoms with Gasteiger partial charge in [-0.25, -0.2) is 4.68 Å². The van der Waals surface area contributed by atoms with Crippen molar-refractivity contribution in [3.63, 3.8) is 0 Å². The normalized spacial score (nSPS) is 17.9. The van der Waals surface area contributed by atoms with Crippen molar-refractivity contribution in [3.05, 3.63) is 34.9 Å². The minimum absolute atomic E-state index is 0.0323. The minimum atomic E-state index is -0.208. The number of fused-ring (bicyclic) bond motifs is 4. The van der Waals surface area contributed by atoms with Crippen molar-refractivity contribution >= 4 is 23.1 Å². The number of aryl methyl sites for hydroxylation is 2. The Morgan fingerprint density at radius 2 is 2.05 bits per heavy atom. The number of aliphatic hydroxyl groups excluding tert-OH is 1. The first-order chi connectivity index (χ1) is 18.3. The summed E-state index contributed by atoms with van der Waals surface area (Å²) in [5.41, 5.74) is 6.08. The van der Waals surface area contributed by atoms with Gasteiger partial charge in [0.1, 0.15) is 6.10 Å². The first-order valence-electron chi connectivity index (χ1n) is 13.1. The van der Waals surface area contributed by atoms with Crippen LogP contribution in [0.3, 0.4) is 0 Å². The number of H-pyrrole nitrogens is 1. The minimum Gasteiger partial charge on any atom is -0.476 e. The maximum absolute atomic E-state index is 9.96. The number of ether oxygens (including phenoxy) is 2. The number of aromatic nitrogens is 7. The fraction of sp³-hybridized carbons (Fsp3) is 0.481. The molecule has 4 aromatic rings. The summed E-state index contributed by atoms with van der Waals surface area (Å²) in [5, 5.41) is 28.0. The molecule has 11 nitrogen and oxygen atoms in total. The van der Waals surface area contributed by atoms with E-state index in [0.717, 1.165) is 51.2 Å². The Morgan fingerprint density at radius 1 is 1.24 bits per heavy atom. The number of aromatic amines is 1. The quantitative estimate of drug-likeness (QED) is 0.411. The summed E-state index contributed by atoms with van der Waals surface area (Å²) >= 11 is 0. The van der Waals surface area contributed by atoms with Gasteiger partial charge in [0.25, 0.3) is 0 Å². The highest BCUT2D eigenvalue weighted by atomic mass is 16.5. The van der Waals surface area contributed by atoms with Crippen molar-refractivity contribution in [2.24, 2.45) is 7.05 Å². The molecule has 0 amide bonds. The van der Waals surface area contributed by atoms with Crippen LogP contribution >= 0.6 is 0 Å². The number of hydrogen-bond donors (Lipinski definition) is 2. The second kappa shape index (κ2) is 10.6. The predicted molar refractivity (Wildman–Crippen MR) is 146 cm³/mol. The van der Waals surface area contributed by atoms with E-state index in [4.69, 9.17) is 24.7 Å². The van der Waals surface area contributed by atoms with Crippen LogP contribution in [0.2, 0.25) is 0 Å². The van der Waals surface area contributed by atoms with Gasteiger partial charge in [-0.2, -0.15) is 10.2 Å². The Kier molecular flexibility index (Phi) is 7.22. The van der Waals surface area contributed by atoms with Gasteiger partial charge in [-0.15, -0.1) is 5.10 Å². The van der Waals surface area contributed by atoms with E-state index < -0.39 is 0 Å². The molecule has 0 saturated carbocycles. The number of rotatable bonds is 5. The standard InChI is InChI=1S/C27H36N8O3/c1-7-20-25-22-11-19-21(29-30-23(19)12-28-22)10-9-18-24(35(16(3)15-36)32-26(18)37-8-2)14-33(5)13-17(4)38-27(25)34(6)31-20/h9-12,16-17,36H,7-8,13-15H2,1-6H3,(H,29,30)/b10-9+/t16-,17-/m0/s1. The predicted octanol–water partition coefficient (Wildman–Crippen LogP) is 3.45. The van der Waals surface area contributed by atoms with Gasteiger partial charge in [0.05, 0.1) is 64.9 Å². The van der Waals surface area contributed by atoms with Gasteiger partial charge in [0, 0.05) is 25.5 Å². The van der Waals surface area contributed by atoms with E-state index in [9.17, 15) is 5.11 Å². The van der Waals surface area contributed by atoms with Crippen LogP contribution in [0.15, 0.2) is 12.3 Å². The Labute approximate surface area is 222 Å². The highest BCUT2D eigenvalue weighted by Gasteiger charge is 2.25. The van der Waals surface area contributed by atoms with Crippen LogP contribution < -0.4 is 9.47 Å². The second-order valence-corrected chi connectivity index (χ2v) is 9.86. The second-order valence-electron chi connectivity index (χ2n) is 9.86. The lowest BCUT2D eigenvalue weighted by Gasteiger charge is -2.24. The lowest BCUT2D eigenvalue weighted by Crippen LogP contribution is -2.32. The molecule has 4 aromatic heterocycles. The SMILES string of the molecule is CCOc1nn([C@@H](C)CO)c2c1/C=C/c1n[nH]c3cnc(cc13)-c1c(CC)nn(C)c1O[C@@H](C)CN(C)C2. The van der Waals surface area contributed by atoms with Crippen LogP contribution in [0.5, 0.6) is 11.8 Å². The number of hydrogen-bond acceptors (Lipinski definition) is 8. The zero-order valence-electron chi connectivity index (χ0n) is 22.9. The van der Waals surface area contributed by atoms with Crippen molar-refractivity contribution in [1.29, 1.82) is 0 Å². The van der Waals surface area contributed by atoms with Crippen LogP contribution in [0.4, 0.5) is 0 Å². The molecule has 0 fully saturated rings. The molecule has 5 rings (SSSR count). The number of pyridine rings is 1. The summed E-state index contributed by atoms with van der Waals surface area (Å²) in [6.07, 6.45) is 6.41. The summed E-state index contributed by atoms with van der Waals surface area (Å²) in [4.78, 5) is 6.94. The van der Waals surface area contributed by atoms with Gasteiger partial charge in [-0.1, -0.05) is 6.92 Å². The van der Waals surface area contributed by atoms with Gasteiger partial charge in [-0.3, -0.25) is 19.7 Å². The number of aliphatic hydroxyl groups is 1. The smallest absolute Gasteiger partial charge is 0.240 e.